The van der Waals surface area contributed by atoms with Crippen molar-refractivity contribution < 1.29 is 5.11 Å². The molecule has 0 unspecified atom stereocenters. The normalized spacial score (nSPS) is 10.6. The highest BCUT2D eigenvalue weighted by atomic mass is 16.3. The Bertz CT molecular complexity index is 266. The third-order valence-electron chi connectivity index (χ3n) is 2.03. The third-order valence-corrected chi connectivity index (χ3v) is 2.03. The maximum absolute atomic E-state index is 9.60. The molecule has 0 saturated carbocycles. The Balaban J connectivity index is 2.98. The summed E-state index contributed by atoms with van der Waals surface area (Å²) < 4.78 is 1.83. The first kappa shape index (κ1) is 9.10. The summed E-state index contributed by atoms with van der Waals surface area (Å²) in [5.74, 6) is 0.374. The zero-order chi connectivity index (χ0) is 9.14. The van der Waals surface area contributed by atoms with Gasteiger partial charge in [0.25, 0.3) is 0 Å². The third kappa shape index (κ3) is 1.44. The highest BCUT2D eigenvalue weighted by Crippen LogP contribution is 2.21. The lowest BCUT2D eigenvalue weighted by Gasteiger charge is -1.95. The lowest BCUT2D eigenvalue weighted by Crippen LogP contribution is -1.98. The minimum Gasteiger partial charge on any atom is -0.504 e. The van der Waals surface area contributed by atoms with Gasteiger partial charge in [-0.05, 0) is 20.3 Å². The van der Waals surface area contributed by atoms with Crippen LogP contribution < -0.4 is 0 Å². The second-order valence-electron chi connectivity index (χ2n) is 2.95. The van der Waals surface area contributed by atoms with E-state index < -0.39 is 0 Å². The molecule has 68 valence electrons. The second-order valence-corrected chi connectivity index (χ2v) is 2.95. The van der Waals surface area contributed by atoms with E-state index >= 15 is 0 Å². The molecule has 1 heterocycles. The average Bonchev–Trinajstić information content (AvgIpc) is 2.33. The van der Waals surface area contributed by atoms with Crippen LogP contribution in [-0.2, 0) is 13.0 Å². The minimum absolute atomic E-state index is 0.374. The van der Waals surface area contributed by atoms with Crippen molar-refractivity contribution >= 4 is 0 Å². The largest absolute Gasteiger partial charge is 0.504 e. The van der Waals surface area contributed by atoms with Crippen molar-refractivity contribution in [2.75, 3.05) is 0 Å². The summed E-state index contributed by atoms with van der Waals surface area (Å²) in [5.41, 5.74) is 1.71. The second kappa shape index (κ2) is 3.61. The fourth-order valence-electron chi connectivity index (χ4n) is 1.31. The summed E-state index contributed by atoms with van der Waals surface area (Å²) in [6.07, 6.45) is 1.88. The molecule has 3 nitrogen and oxygen atoms in total. The highest BCUT2D eigenvalue weighted by molar-refractivity contribution is 5.31. The van der Waals surface area contributed by atoms with Crippen LogP contribution in [0.4, 0.5) is 0 Å². The van der Waals surface area contributed by atoms with Gasteiger partial charge in [0.05, 0.1) is 5.69 Å². The Morgan fingerprint density at radius 3 is 2.50 bits per heavy atom. The van der Waals surface area contributed by atoms with Crippen molar-refractivity contribution in [1.82, 2.24) is 9.78 Å². The molecule has 0 aliphatic rings. The van der Waals surface area contributed by atoms with Crippen LogP contribution in [0, 0.1) is 6.92 Å². The van der Waals surface area contributed by atoms with E-state index in [1.165, 1.54) is 0 Å². The van der Waals surface area contributed by atoms with Crippen molar-refractivity contribution in [3.8, 4) is 5.75 Å². The molecule has 0 fully saturated rings. The molecule has 0 spiro atoms. The van der Waals surface area contributed by atoms with E-state index in [9.17, 15) is 5.11 Å². The first-order valence-corrected chi connectivity index (χ1v) is 4.45. The number of aromatic hydroxyl groups is 1. The van der Waals surface area contributed by atoms with Gasteiger partial charge in [0.2, 0.25) is 0 Å². The van der Waals surface area contributed by atoms with E-state index in [2.05, 4.69) is 12.0 Å². The lowest BCUT2D eigenvalue weighted by atomic mass is 10.2. The van der Waals surface area contributed by atoms with Crippen molar-refractivity contribution in [3.05, 3.63) is 11.4 Å². The topological polar surface area (TPSA) is 38.0 Å². The van der Waals surface area contributed by atoms with Crippen molar-refractivity contribution in [2.45, 2.75) is 40.2 Å². The van der Waals surface area contributed by atoms with E-state index in [-0.39, 0.29) is 0 Å². The number of rotatable bonds is 3. The Morgan fingerprint density at radius 1 is 1.42 bits per heavy atom. The molecule has 0 aromatic carbocycles. The Hall–Kier alpha value is -0.990. The SMILES string of the molecule is CCCc1nn(CC)c(C)c1O. The van der Waals surface area contributed by atoms with E-state index in [1.807, 2.05) is 18.5 Å². The molecule has 12 heavy (non-hydrogen) atoms. The zero-order valence-electron chi connectivity index (χ0n) is 7.96. The van der Waals surface area contributed by atoms with Gasteiger partial charge in [0.15, 0.2) is 5.75 Å². The smallest absolute Gasteiger partial charge is 0.159 e. The standard InChI is InChI=1S/C9H16N2O/c1-4-6-8-9(12)7(3)11(5-2)10-8/h12H,4-6H2,1-3H3. The first-order valence-electron chi connectivity index (χ1n) is 4.45. The maximum atomic E-state index is 9.60. The van der Waals surface area contributed by atoms with Gasteiger partial charge in [0, 0.05) is 6.54 Å². The summed E-state index contributed by atoms with van der Waals surface area (Å²) in [6, 6.07) is 0. The summed E-state index contributed by atoms with van der Waals surface area (Å²) >= 11 is 0. The molecule has 1 rings (SSSR count). The van der Waals surface area contributed by atoms with Crippen LogP contribution in [0.5, 0.6) is 5.75 Å². The van der Waals surface area contributed by atoms with Crippen LogP contribution in [0.2, 0.25) is 0 Å². The molecular formula is C9H16N2O. The van der Waals surface area contributed by atoms with Crippen molar-refractivity contribution in [1.29, 1.82) is 0 Å². The fraction of sp³-hybridized carbons (Fsp3) is 0.667. The van der Waals surface area contributed by atoms with Gasteiger partial charge in [-0.3, -0.25) is 4.68 Å². The Kier molecular flexibility index (Phi) is 2.74. The van der Waals surface area contributed by atoms with E-state index in [1.54, 1.807) is 0 Å². The average molecular weight is 168 g/mol. The monoisotopic (exact) mass is 168 g/mol. The minimum atomic E-state index is 0.374. The van der Waals surface area contributed by atoms with Crippen LogP contribution in [0.1, 0.15) is 31.7 Å². The fourth-order valence-corrected chi connectivity index (χ4v) is 1.31. The Morgan fingerprint density at radius 2 is 2.08 bits per heavy atom. The molecule has 0 aliphatic carbocycles. The van der Waals surface area contributed by atoms with Gasteiger partial charge in [-0.2, -0.15) is 5.10 Å². The Labute approximate surface area is 73.0 Å². The van der Waals surface area contributed by atoms with Crippen LogP contribution in [0.25, 0.3) is 0 Å². The highest BCUT2D eigenvalue weighted by Gasteiger charge is 2.10. The summed E-state index contributed by atoms with van der Waals surface area (Å²) in [4.78, 5) is 0. The number of nitrogens with zero attached hydrogens (tertiary/aromatic N) is 2. The summed E-state index contributed by atoms with van der Waals surface area (Å²) in [6.45, 7) is 6.82. The molecule has 0 bridgehead atoms. The molecule has 0 aliphatic heterocycles. The predicted molar refractivity (Wildman–Crippen MR) is 48.3 cm³/mol. The van der Waals surface area contributed by atoms with Crippen LogP contribution in [-0.4, -0.2) is 14.9 Å². The molecule has 0 radical (unpaired) electrons. The van der Waals surface area contributed by atoms with Crippen molar-refractivity contribution in [2.24, 2.45) is 0 Å². The van der Waals surface area contributed by atoms with Gasteiger partial charge in [0.1, 0.15) is 5.69 Å². The molecule has 1 aromatic heterocycles. The molecular weight excluding hydrogens is 152 g/mol. The van der Waals surface area contributed by atoms with E-state index in [0.29, 0.717) is 5.75 Å². The zero-order valence-corrected chi connectivity index (χ0v) is 7.96. The predicted octanol–water partition coefficient (Wildman–Crippen LogP) is 1.87. The van der Waals surface area contributed by atoms with Gasteiger partial charge >= 0.3 is 0 Å². The molecule has 1 N–H and O–H groups in total. The van der Waals surface area contributed by atoms with Gasteiger partial charge in [-0.25, -0.2) is 0 Å². The molecule has 0 atom stereocenters. The van der Waals surface area contributed by atoms with Gasteiger partial charge in [-0.15, -0.1) is 0 Å². The van der Waals surface area contributed by atoms with Crippen LogP contribution in [0.15, 0.2) is 0 Å². The summed E-state index contributed by atoms with van der Waals surface area (Å²) in [7, 11) is 0. The molecule has 0 amide bonds. The number of aromatic nitrogens is 2. The van der Waals surface area contributed by atoms with Crippen molar-refractivity contribution in [3.63, 3.8) is 0 Å². The van der Waals surface area contributed by atoms with E-state index in [4.69, 9.17) is 0 Å². The molecule has 0 saturated heterocycles. The maximum Gasteiger partial charge on any atom is 0.159 e. The number of hydrogen-bond donors (Lipinski definition) is 1. The van der Waals surface area contributed by atoms with Gasteiger partial charge < -0.3 is 5.11 Å². The molecule has 3 heteroatoms. The molecule has 1 aromatic rings. The summed E-state index contributed by atoms with van der Waals surface area (Å²) in [5, 5.41) is 13.9. The first-order chi connectivity index (χ1) is 5.70. The van der Waals surface area contributed by atoms with E-state index in [0.717, 1.165) is 30.8 Å². The number of hydrogen-bond acceptors (Lipinski definition) is 2. The quantitative estimate of drug-likeness (QED) is 0.748. The van der Waals surface area contributed by atoms with Gasteiger partial charge in [-0.1, -0.05) is 13.3 Å². The van der Waals surface area contributed by atoms with Crippen LogP contribution in [0.3, 0.4) is 0 Å². The number of aryl methyl sites for hydroxylation is 2. The lowest BCUT2D eigenvalue weighted by molar-refractivity contribution is 0.462. The van der Waals surface area contributed by atoms with Crippen LogP contribution >= 0.6 is 0 Å².